The molecular weight excluding hydrogens is 252 g/mol. The smallest absolute Gasteiger partial charge is 0.303 e. The molecule has 2 aromatic heterocycles. The average Bonchev–Trinajstić information content (AvgIpc) is 2.98. The average molecular weight is 266 g/mol. The Balaban J connectivity index is 1.76. The summed E-state index contributed by atoms with van der Waals surface area (Å²) in [7, 11) is 0. The highest BCUT2D eigenvalue weighted by molar-refractivity contribution is 7.13. The van der Waals surface area contributed by atoms with E-state index >= 15 is 0 Å². The van der Waals surface area contributed by atoms with Crippen LogP contribution in [0, 0.1) is 0 Å². The molecule has 0 aromatic carbocycles. The molecule has 0 spiro atoms. The summed E-state index contributed by atoms with van der Waals surface area (Å²) in [5.41, 5.74) is 0.828. The lowest BCUT2D eigenvalue weighted by atomic mass is 10.3. The molecule has 2 heterocycles. The Morgan fingerprint density at radius 3 is 3.17 bits per heavy atom. The van der Waals surface area contributed by atoms with Crippen molar-refractivity contribution in [2.24, 2.45) is 0 Å². The Hall–Kier alpha value is -1.66. The lowest BCUT2D eigenvalue weighted by Gasteiger charge is -1.99. The fourth-order valence-corrected chi connectivity index (χ4v) is 2.18. The second kappa shape index (κ2) is 6.32. The molecule has 0 saturated heterocycles. The van der Waals surface area contributed by atoms with E-state index in [1.165, 1.54) is 0 Å². The van der Waals surface area contributed by atoms with E-state index < -0.39 is 5.97 Å². The molecule has 2 rings (SSSR count). The van der Waals surface area contributed by atoms with Crippen molar-refractivity contribution < 1.29 is 14.4 Å². The number of aliphatic carboxylic acids is 1. The van der Waals surface area contributed by atoms with Crippen molar-refractivity contribution in [1.29, 1.82) is 0 Å². The van der Waals surface area contributed by atoms with Crippen LogP contribution in [0.2, 0.25) is 0 Å². The predicted octanol–water partition coefficient (Wildman–Crippen LogP) is 2.36. The van der Waals surface area contributed by atoms with Crippen molar-refractivity contribution >= 4 is 17.3 Å². The van der Waals surface area contributed by atoms with Crippen LogP contribution in [-0.2, 0) is 11.3 Å². The summed E-state index contributed by atoms with van der Waals surface area (Å²) in [6, 6.07) is 5.84. The Morgan fingerprint density at radius 1 is 1.56 bits per heavy atom. The van der Waals surface area contributed by atoms with E-state index in [9.17, 15) is 4.79 Å². The second-order valence-corrected chi connectivity index (χ2v) is 4.78. The monoisotopic (exact) mass is 266 g/mol. The fourth-order valence-electron chi connectivity index (χ4n) is 1.51. The van der Waals surface area contributed by atoms with Gasteiger partial charge in [0.15, 0.2) is 5.76 Å². The Labute approximate surface area is 108 Å². The maximum absolute atomic E-state index is 10.3. The minimum Gasteiger partial charge on any atom is -0.481 e. The van der Waals surface area contributed by atoms with Crippen molar-refractivity contribution in [3.8, 4) is 10.6 Å². The fraction of sp³-hybridized carbons (Fsp3) is 0.333. The van der Waals surface area contributed by atoms with Gasteiger partial charge in [-0.2, -0.15) is 0 Å². The zero-order valence-corrected chi connectivity index (χ0v) is 10.6. The van der Waals surface area contributed by atoms with E-state index in [4.69, 9.17) is 9.63 Å². The number of carboxylic acid groups (broad SMARTS) is 1. The quantitative estimate of drug-likeness (QED) is 0.752. The highest BCUT2D eigenvalue weighted by Gasteiger charge is 2.06. The van der Waals surface area contributed by atoms with Crippen LogP contribution in [0.4, 0.5) is 0 Å². The lowest BCUT2D eigenvalue weighted by molar-refractivity contribution is -0.137. The van der Waals surface area contributed by atoms with Gasteiger partial charge in [0, 0.05) is 19.0 Å². The van der Waals surface area contributed by atoms with Crippen LogP contribution in [0.15, 0.2) is 28.1 Å². The van der Waals surface area contributed by atoms with Gasteiger partial charge in [0.25, 0.3) is 0 Å². The summed E-state index contributed by atoms with van der Waals surface area (Å²) < 4.78 is 5.23. The van der Waals surface area contributed by atoms with Gasteiger partial charge in [0.1, 0.15) is 0 Å². The van der Waals surface area contributed by atoms with Gasteiger partial charge in [0.05, 0.1) is 10.6 Å². The summed E-state index contributed by atoms with van der Waals surface area (Å²) in [5.74, 6) is 0.00514. The van der Waals surface area contributed by atoms with E-state index in [0.29, 0.717) is 19.5 Å². The van der Waals surface area contributed by atoms with Crippen LogP contribution < -0.4 is 5.32 Å². The molecule has 0 aliphatic heterocycles. The zero-order valence-electron chi connectivity index (χ0n) is 9.76. The van der Waals surface area contributed by atoms with Crippen LogP contribution in [0.25, 0.3) is 10.6 Å². The number of aromatic nitrogens is 1. The Morgan fingerprint density at radius 2 is 2.44 bits per heavy atom. The molecule has 0 aliphatic carbocycles. The third-order valence-electron chi connectivity index (χ3n) is 2.37. The second-order valence-electron chi connectivity index (χ2n) is 3.83. The molecule has 96 valence electrons. The van der Waals surface area contributed by atoms with Crippen LogP contribution in [0.3, 0.4) is 0 Å². The lowest BCUT2D eigenvalue weighted by Crippen LogP contribution is -2.15. The first kappa shape index (κ1) is 12.8. The van der Waals surface area contributed by atoms with Crippen molar-refractivity contribution in [2.45, 2.75) is 19.4 Å². The van der Waals surface area contributed by atoms with E-state index in [0.717, 1.165) is 16.3 Å². The molecule has 0 fully saturated rings. The number of nitrogens with zero attached hydrogens (tertiary/aromatic N) is 1. The number of carbonyl (C=O) groups is 1. The summed E-state index contributed by atoms with van der Waals surface area (Å²) in [6.07, 6.45) is 0.803. The molecule has 6 heteroatoms. The summed E-state index contributed by atoms with van der Waals surface area (Å²) in [4.78, 5) is 11.4. The van der Waals surface area contributed by atoms with Crippen molar-refractivity contribution in [2.75, 3.05) is 6.54 Å². The van der Waals surface area contributed by atoms with Gasteiger partial charge in [-0.05, 0) is 24.4 Å². The van der Waals surface area contributed by atoms with Crippen molar-refractivity contribution in [1.82, 2.24) is 10.5 Å². The van der Waals surface area contributed by atoms with E-state index in [1.54, 1.807) is 11.3 Å². The van der Waals surface area contributed by atoms with Gasteiger partial charge in [-0.15, -0.1) is 11.3 Å². The molecule has 2 N–H and O–H groups in total. The third kappa shape index (κ3) is 3.68. The molecule has 18 heavy (non-hydrogen) atoms. The van der Waals surface area contributed by atoms with Gasteiger partial charge in [0.2, 0.25) is 0 Å². The Kier molecular flexibility index (Phi) is 4.49. The molecule has 0 amide bonds. The summed E-state index contributed by atoms with van der Waals surface area (Å²) in [6.45, 7) is 1.25. The van der Waals surface area contributed by atoms with Crippen molar-refractivity contribution in [3.63, 3.8) is 0 Å². The molecule has 0 aliphatic rings. The van der Waals surface area contributed by atoms with E-state index in [2.05, 4.69) is 10.5 Å². The minimum atomic E-state index is -0.766. The Bertz CT molecular complexity index is 493. The summed E-state index contributed by atoms with van der Waals surface area (Å²) in [5, 5.41) is 17.6. The highest BCUT2D eigenvalue weighted by atomic mass is 32.1. The molecule has 0 atom stereocenters. The maximum Gasteiger partial charge on any atom is 0.303 e. The zero-order chi connectivity index (χ0) is 12.8. The summed E-state index contributed by atoms with van der Waals surface area (Å²) >= 11 is 1.61. The van der Waals surface area contributed by atoms with Crippen molar-refractivity contribution in [3.05, 3.63) is 29.3 Å². The first-order valence-corrected chi connectivity index (χ1v) is 6.55. The number of hydrogen-bond acceptors (Lipinski definition) is 5. The number of hydrogen-bond donors (Lipinski definition) is 2. The van der Waals surface area contributed by atoms with Gasteiger partial charge in [-0.1, -0.05) is 11.2 Å². The largest absolute Gasteiger partial charge is 0.481 e. The normalized spacial score (nSPS) is 10.7. The number of nitrogens with one attached hydrogen (secondary N) is 1. The number of thiophene rings is 1. The first-order valence-electron chi connectivity index (χ1n) is 5.67. The first-order chi connectivity index (χ1) is 8.75. The van der Waals surface area contributed by atoms with E-state index in [1.807, 2.05) is 23.6 Å². The van der Waals surface area contributed by atoms with Crippen LogP contribution in [-0.4, -0.2) is 22.8 Å². The number of rotatable bonds is 7. The van der Waals surface area contributed by atoms with Gasteiger partial charge in [-0.25, -0.2) is 0 Å². The maximum atomic E-state index is 10.3. The predicted molar refractivity (Wildman–Crippen MR) is 68.4 cm³/mol. The van der Waals surface area contributed by atoms with Gasteiger partial charge < -0.3 is 14.9 Å². The topological polar surface area (TPSA) is 75.4 Å². The molecular formula is C12H14N2O3S. The molecule has 2 aromatic rings. The minimum absolute atomic E-state index is 0.187. The molecule has 5 nitrogen and oxygen atoms in total. The molecule has 0 radical (unpaired) electrons. The van der Waals surface area contributed by atoms with E-state index in [-0.39, 0.29) is 6.42 Å². The SMILES string of the molecule is O=C(O)CCCNCc1cc(-c2cccs2)on1. The van der Waals surface area contributed by atoms with Gasteiger partial charge in [-0.3, -0.25) is 4.79 Å². The standard InChI is InChI=1S/C12H14N2O3S/c15-12(16)4-1-5-13-8-9-7-10(17-14-9)11-3-2-6-18-11/h2-3,6-7,13H,1,4-5,8H2,(H,15,16). The third-order valence-corrected chi connectivity index (χ3v) is 3.26. The van der Waals surface area contributed by atoms with Crippen LogP contribution in [0.1, 0.15) is 18.5 Å². The highest BCUT2D eigenvalue weighted by Crippen LogP contribution is 2.24. The molecule has 0 unspecified atom stereocenters. The van der Waals surface area contributed by atoms with Crippen LogP contribution >= 0.6 is 11.3 Å². The molecule has 0 saturated carbocycles. The number of carboxylic acids is 1. The van der Waals surface area contributed by atoms with Gasteiger partial charge >= 0.3 is 5.97 Å². The van der Waals surface area contributed by atoms with Crippen LogP contribution in [0.5, 0.6) is 0 Å². The molecule has 0 bridgehead atoms.